The van der Waals surface area contributed by atoms with E-state index in [1.165, 1.54) is 12.1 Å². The lowest BCUT2D eigenvalue weighted by Gasteiger charge is -2.08. The second-order valence-electron chi connectivity index (χ2n) is 4.52. The summed E-state index contributed by atoms with van der Waals surface area (Å²) in [6, 6.07) is 2.68. The van der Waals surface area contributed by atoms with Crippen LogP contribution < -0.4 is 0 Å². The van der Waals surface area contributed by atoms with Gasteiger partial charge in [0.05, 0.1) is 24.4 Å². The monoisotopic (exact) mass is 403 g/mol. The predicted octanol–water partition coefficient (Wildman–Crippen LogP) is 4.88. The van der Waals surface area contributed by atoms with Gasteiger partial charge in [0, 0.05) is 22.3 Å². The fourth-order valence-corrected chi connectivity index (χ4v) is 2.75. The number of hydrogen-bond acceptors (Lipinski definition) is 3. The zero-order valence-corrected chi connectivity index (χ0v) is 14.1. The van der Waals surface area contributed by atoms with E-state index in [4.69, 9.17) is 27.9 Å². The molecular weight excluding hydrogens is 396 g/mol. The van der Waals surface area contributed by atoms with Gasteiger partial charge in [0.15, 0.2) is 5.65 Å². The van der Waals surface area contributed by atoms with Crippen LogP contribution >= 0.6 is 39.1 Å². The first kappa shape index (κ1) is 15.7. The van der Waals surface area contributed by atoms with E-state index in [0.717, 1.165) is 5.56 Å². The molecule has 2 heterocycles. The van der Waals surface area contributed by atoms with Gasteiger partial charge in [-0.05, 0) is 28.1 Å². The number of fused-ring (bicyclic) bond motifs is 1. The van der Waals surface area contributed by atoms with Crippen molar-refractivity contribution in [3.63, 3.8) is 0 Å². The molecule has 1 aromatic carbocycles. The van der Waals surface area contributed by atoms with E-state index in [2.05, 4.69) is 30.9 Å². The fraction of sp³-hybridized carbons (Fsp3) is 0.143. The number of H-pyrrole nitrogens is 1. The van der Waals surface area contributed by atoms with E-state index in [9.17, 15) is 4.39 Å². The van der Waals surface area contributed by atoms with Gasteiger partial charge in [0.2, 0.25) is 0 Å². The van der Waals surface area contributed by atoms with Gasteiger partial charge in [0.25, 0.3) is 0 Å². The second kappa shape index (κ2) is 6.50. The Hall–Kier alpha value is -1.21. The number of rotatable bonds is 4. The molecule has 0 amide bonds. The molecule has 1 N–H and O–H groups in total. The van der Waals surface area contributed by atoms with Crippen molar-refractivity contribution in [2.45, 2.75) is 13.2 Å². The molecule has 0 aliphatic heterocycles. The van der Waals surface area contributed by atoms with Crippen LogP contribution in [0.3, 0.4) is 0 Å². The molecule has 22 heavy (non-hydrogen) atoms. The van der Waals surface area contributed by atoms with Gasteiger partial charge in [-0.15, -0.1) is 0 Å². The molecule has 0 aliphatic rings. The molecule has 0 aliphatic carbocycles. The number of aromatic amines is 1. The third kappa shape index (κ3) is 3.10. The van der Waals surface area contributed by atoms with Gasteiger partial charge in [-0.25, -0.2) is 14.4 Å². The molecule has 3 rings (SSSR count). The maximum atomic E-state index is 13.4. The van der Waals surface area contributed by atoms with Crippen molar-refractivity contribution < 1.29 is 9.13 Å². The zero-order chi connectivity index (χ0) is 15.7. The van der Waals surface area contributed by atoms with Crippen LogP contribution in [0.25, 0.3) is 11.2 Å². The van der Waals surface area contributed by atoms with Gasteiger partial charge in [-0.2, -0.15) is 0 Å². The smallest absolute Gasteiger partial charge is 0.156 e. The van der Waals surface area contributed by atoms with E-state index in [1.54, 1.807) is 12.4 Å². The van der Waals surface area contributed by atoms with Crippen molar-refractivity contribution in [3.05, 3.63) is 56.1 Å². The SMILES string of the molecule is Fc1ccc(Cl)c(COCc2c[nH]c3ncc(Br)nc23)c1Cl. The Morgan fingerprint density at radius 1 is 1.27 bits per heavy atom. The Morgan fingerprint density at radius 3 is 2.91 bits per heavy atom. The van der Waals surface area contributed by atoms with Gasteiger partial charge in [-0.3, -0.25) is 0 Å². The highest BCUT2D eigenvalue weighted by molar-refractivity contribution is 9.10. The van der Waals surface area contributed by atoms with Crippen LogP contribution in [0.5, 0.6) is 0 Å². The molecule has 0 saturated carbocycles. The second-order valence-corrected chi connectivity index (χ2v) is 6.12. The fourth-order valence-electron chi connectivity index (χ4n) is 2.00. The highest BCUT2D eigenvalue weighted by Gasteiger charge is 2.12. The minimum Gasteiger partial charge on any atom is -0.372 e. The van der Waals surface area contributed by atoms with Gasteiger partial charge < -0.3 is 9.72 Å². The summed E-state index contributed by atoms with van der Waals surface area (Å²) in [5.41, 5.74) is 2.65. The highest BCUT2D eigenvalue weighted by atomic mass is 79.9. The van der Waals surface area contributed by atoms with Crippen LogP contribution in [0.4, 0.5) is 4.39 Å². The quantitative estimate of drug-likeness (QED) is 0.630. The van der Waals surface area contributed by atoms with Gasteiger partial charge >= 0.3 is 0 Å². The molecule has 0 radical (unpaired) electrons. The van der Waals surface area contributed by atoms with Crippen molar-refractivity contribution >= 4 is 50.3 Å². The van der Waals surface area contributed by atoms with E-state index < -0.39 is 5.82 Å². The van der Waals surface area contributed by atoms with Gasteiger partial charge in [0.1, 0.15) is 15.9 Å². The summed E-state index contributed by atoms with van der Waals surface area (Å²) in [5.74, 6) is -0.522. The molecule has 0 bridgehead atoms. The average Bonchev–Trinajstić information content (AvgIpc) is 2.89. The Kier molecular flexibility index (Phi) is 4.63. The third-order valence-electron chi connectivity index (χ3n) is 3.07. The molecule has 2 aromatic heterocycles. The van der Waals surface area contributed by atoms with Crippen molar-refractivity contribution in [3.8, 4) is 0 Å². The normalized spacial score (nSPS) is 11.3. The molecule has 4 nitrogen and oxygen atoms in total. The largest absolute Gasteiger partial charge is 0.372 e. The standard InChI is InChI=1S/C14H9BrCl2FN3O/c15-11-4-20-14-13(21-11)7(3-19-14)5-22-6-8-9(16)1-2-10(18)12(8)17/h1-4H,5-6H2,(H,19,20). The number of aromatic nitrogens is 3. The lowest BCUT2D eigenvalue weighted by atomic mass is 10.2. The average molecular weight is 405 g/mol. The van der Waals surface area contributed by atoms with Crippen molar-refractivity contribution in [1.82, 2.24) is 15.0 Å². The zero-order valence-electron chi connectivity index (χ0n) is 11.0. The summed E-state index contributed by atoms with van der Waals surface area (Å²) < 4.78 is 19.7. The molecule has 0 unspecified atom stereocenters. The number of hydrogen-bond donors (Lipinski definition) is 1. The topological polar surface area (TPSA) is 50.8 Å². The van der Waals surface area contributed by atoms with Crippen LogP contribution in [0.2, 0.25) is 10.0 Å². The third-order valence-corrected chi connectivity index (χ3v) is 4.22. The summed E-state index contributed by atoms with van der Waals surface area (Å²) in [7, 11) is 0. The van der Waals surface area contributed by atoms with E-state index >= 15 is 0 Å². The molecule has 3 aromatic rings. The Bertz CT molecular complexity index is 840. The molecule has 114 valence electrons. The number of nitrogens with zero attached hydrogens (tertiary/aromatic N) is 2. The van der Waals surface area contributed by atoms with Crippen LogP contribution in [0.15, 0.2) is 29.1 Å². The maximum absolute atomic E-state index is 13.4. The summed E-state index contributed by atoms with van der Waals surface area (Å²) in [6.07, 6.45) is 3.38. The molecular formula is C14H9BrCl2FN3O. The molecule has 0 atom stereocenters. The number of nitrogens with one attached hydrogen (secondary N) is 1. The van der Waals surface area contributed by atoms with Crippen LogP contribution in [-0.2, 0) is 18.0 Å². The van der Waals surface area contributed by atoms with Crippen molar-refractivity contribution in [2.24, 2.45) is 0 Å². The first-order chi connectivity index (χ1) is 10.6. The summed E-state index contributed by atoms with van der Waals surface area (Å²) in [4.78, 5) is 11.5. The molecule has 0 saturated heterocycles. The summed E-state index contributed by atoms with van der Waals surface area (Å²) in [6.45, 7) is 0.373. The lowest BCUT2D eigenvalue weighted by Crippen LogP contribution is -1.97. The molecule has 0 fully saturated rings. The van der Waals surface area contributed by atoms with E-state index in [-0.39, 0.29) is 18.2 Å². The minimum atomic E-state index is -0.522. The molecule has 8 heteroatoms. The highest BCUT2D eigenvalue weighted by Crippen LogP contribution is 2.28. The summed E-state index contributed by atoms with van der Waals surface area (Å²) >= 11 is 15.2. The van der Waals surface area contributed by atoms with Crippen molar-refractivity contribution in [1.29, 1.82) is 0 Å². The first-order valence-electron chi connectivity index (χ1n) is 6.25. The first-order valence-corrected chi connectivity index (χ1v) is 7.80. The minimum absolute atomic E-state index is 0.0195. The number of halogens is 4. The number of benzene rings is 1. The van der Waals surface area contributed by atoms with Crippen LogP contribution in [-0.4, -0.2) is 15.0 Å². The number of ether oxygens (including phenoxy) is 1. The predicted molar refractivity (Wildman–Crippen MR) is 86.5 cm³/mol. The Labute approximate surface area is 143 Å². The van der Waals surface area contributed by atoms with E-state index in [1.807, 2.05) is 0 Å². The lowest BCUT2D eigenvalue weighted by molar-refractivity contribution is 0.108. The Balaban J connectivity index is 1.75. The van der Waals surface area contributed by atoms with Crippen molar-refractivity contribution in [2.75, 3.05) is 0 Å². The van der Waals surface area contributed by atoms with E-state index in [0.29, 0.717) is 26.4 Å². The van der Waals surface area contributed by atoms with Crippen LogP contribution in [0.1, 0.15) is 11.1 Å². The summed E-state index contributed by atoms with van der Waals surface area (Å²) in [5, 5.41) is 0.349. The van der Waals surface area contributed by atoms with Gasteiger partial charge in [-0.1, -0.05) is 23.2 Å². The Morgan fingerprint density at radius 2 is 2.09 bits per heavy atom. The molecule has 0 spiro atoms. The maximum Gasteiger partial charge on any atom is 0.156 e. The van der Waals surface area contributed by atoms with Crippen LogP contribution in [0, 0.1) is 5.82 Å².